The van der Waals surface area contributed by atoms with Gasteiger partial charge in [-0.15, -0.1) is 24.0 Å². The third kappa shape index (κ3) is 7.42. The standard InChI is InChI=1S/C19H35N5O.HI/c1-6-24-11-8-15(9-12-24)7-10-21-18(20-5)23-14-17-22-13-16(25-17)19(2,3)4;/h13,15H,6-12,14H2,1-5H3,(H2,20,21,23);1H. The molecule has 0 aliphatic carbocycles. The number of nitrogens with one attached hydrogen (secondary N) is 2. The number of rotatable bonds is 6. The first-order valence-electron chi connectivity index (χ1n) is 9.54. The van der Waals surface area contributed by atoms with Gasteiger partial charge in [-0.2, -0.15) is 0 Å². The minimum absolute atomic E-state index is 0. The van der Waals surface area contributed by atoms with E-state index < -0.39 is 0 Å². The first-order valence-corrected chi connectivity index (χ1v) is 9.54. The number of hydrogen-bond acceptors (Lipinski definition) is 4. The summed E-state index contributed by atoms with van der Waals surface area (Å²) in [6.45, 7) is 13.8. The predicted molar refractivity (Wildman–Crippen MR) is 118 cm³/mol. The zero-order valence-electron chi connectivity index (χ0n) is 17.0. The van der Waals surface area contributed by atoms with Gasteiger partial charge >= 0.3 is 0 Å². The fraction of sp³-hybridized carbons (Fsp3) is 0.789. The molecule has 0 atom stereocenters. The summed E-state index contributed by atoms with van der Waals surface area (Å²) >= 11 is 0. The Morgan fingerprint density at radius 3 is 2.54 bits per heavy atom. The molecule has 0 aromatic carbocycles. The number of nitrogens with zero attached hydrogens (tertiary/aromatic N) is 3. The Morgan fingerprint density at radius 1 is 1.31 bits per heavy atom. The maximum Gasteiger partial charge on any atom is 0.213 e. The van der Waals surface area contributed by atoms with Crippen LogP contribution in [0.1, 0.15) is 58.6 Å². The zero-order valence-corrected chi connectivity index (χ0v) is 19.3. The Hall–Kier alpha value is -0.830. The summed E-state index contributed by atoms with van der Waals surface area (Å²) in [4.78, 5) is 11.2. The summed E-state index contributed by atoms with van der Waals surface area (Å²) in [5.74, 6) is 3.24. The minimum Gasteiger partial charge on any atom is -0.443 e. The van der Waals surface area contributed by atoms with Crippen LogP contribution in [-0.2, 0) is 12.0 Å². The fourth-order valence-electron chi connectivity index (χ4n) is 3.10. The predicted octanol–water partition coefficient (Wildman–Crippen LogP) is 3.38. The molecule has 0 amide bonds. The minimum atomic E-state index is -0.0153. The second kappa shape index (κ2) is 11.1. The van der Waals surface area contributed by atoms with E-state index in [4.69, 9.17) is 4.42 Å². The number of aliphatic imine (C=N–C) groups is 1. The second-order valence-electron chi connectivity index (χ2n) is 7.89. The molecule has 2 N–H and O–H groups in total. The normalized spacial score (nSPS) is 17.0. The van der Waals surface area contributed by atoms with Crippen LogP contribution in [-0.4, -0.2) is 49.1 Å². The van der Waals surface area contributed by atoms with Crippen LogP contribution < -0.4 is 10.6 Å². The van der Waals surface area contributed by atoms with Gasteiger partial charge in [0.2, 0.25) is 5.89 Å². The van der Waals surface area contributed by atoms with Crippen LogP contribution in [0.4, 0.5) is 0 Å². The monoisotopic (exact) mass is 477 g/mol. The summed E-state index contributed by atoms with van der Waals surface area (Å²) in [7, 11) is 1.80. The lowest BCUT2D eigenvalue weighted by Gasteiger charge is -2.31. The van der Waals surface area contributed by atoms with Crippen molar-refractivity contribution in [1.82, 2.24) is 20.5 Å². The van der Waals surface area contributed by atoms with Crippen LogP contribution in [0.25, 0.3) is 0 Å². The topological polar surface area (TPSA) is 65.7 Å². The molecule has 0 saturated carbocycles. The molecule has 1 fully saturated rings. The zero-order chi connectivity index (χ0) is 18.3. The smallest absolute Gasteiger partial charge is 0.213 e. The van der Waals surface area contributed by atoms with Crippen molar-refractivity contribution in [3.05, 3.63) is 17.8 Å². The van der Waals surface area contributed by atoms with E-state index in [0.29, 0.717) is 12.4 Å². The molecule has 7 heteroatoms. The Kier molecular flexibility index (Phi) is 9.92. The maximum absolute atomic E-state index is 5.80. The molecule has 0 radical (unpaired) electrons. The van der Waals surface area contributed by atoms with Crippen LogP contribution in [0.5, 0.6) is 0 Å². The maximum atomic E-state index is 5.80. The molecule has 6 nitrogen and oxygen atoms in total. The van der Waals surface area contributed by atoms with Gasteiger partial charge in [0.1, 0.15) is 5.76 Å². The van der Waals surface area contributed by atoms with Crippen LogP contribution in [0.2, 0.25) is 0 Å². The highest BCUT2D eigenvalue weighted by Gasteiger charge is 2.19. The molecule has 1 aromatic heterocycles. The number of likely N-dealkylation sites (tertiary alicyclic amines) is 1. The highest BCUT2D eigenvalue weighted by Crippen LogP contribution is 2.22. The summed E-state index contributed by atoms with van der Waals surface area (Å²) in [5.41, 5.74) is -0.0153. The molecule has 1 aromatic rings. The van der Waals surface area contributed by atoms with Crippen LogP contribution in [0.3, 0.4) is 0 Å². The fourth-order valence-corrected chi connectivity index (χ4v) is 3.10. The molecule has 0 spiro atoms. The first kappa shape index (κ1) is 23.2. The Balaban J connectivity index is 0.00000338. The molecule has 26 heavy (non-hydrogen) atoms. The number of aromatic nitrogens is 1. The average molecular weight is 477 g/mol. The molecule has 1 saturated heterocycles. The van der Waals surface area contributed by atoms with Gasteiger partial charge in [-0.25, -0.2) is 4.98 Å². The van der Waals surface area contributed by atoms with Crippen molar-refractivity contribution in [2.75, 3.05) is 33.2 Å². The van der Waals surface area contributed by atoms with E-state index in [1.54, 1.807) is 7.05 Å². The quantitative estimate of drug-likeness (QED) is 0.374. The van der Waals surface area contributed by atoms with Gasteiger partial charge in [-0.3, -0.25) is 4.99 Å². The molecule has 0 bridgehead atoms. The van der Waals surface area contributed by atoms with Crippen molar-refractivity contribution >= 4 is 29.9 Å². The largest absolute Gasteiger partial charge is 0.443 e. The number of halogens is 1. The molecule has 1 aliphatic rings. The van der Waals surface area contributed by atoms with E-state index in [0.717, 1.165) is 24.2 Å². The van der Waals surface area contributed by atoms with Crippen molar-refractivity contribution in [1.29, 1.82) is 0 Å². The van der Waals surface area contributed by atoms with Gasteiger partial charge in [-0.1, -0.05) is 27.7 Å². The summed E-state index contributed by atoms with van der Waals surface area (Å²) < 4.78 is 5.80. The Morgan fingerprint density at radius 2 is 2.00 bits per heavy atom. The lowest BCUT2D eigenvalue weighted by Crippen LogP contribution is -2.39. The van der Waals surface area contributed by atoms with Crippen LogP contribution in [0.15, 0.2) is 15.6 Å². The van der Waals surface area contributed by atoms with Gasteiger partial charge in [0.25, 0.3) is 0 Å². The molecule has 2 rings (SSSR count). The molecule has 0 unspecified atom stereocenters. The molecular formula is C19H36IN5O. The number of oxazole rings is 1. The van der Waals surface area contributed by atoms with Crippen LogP contribution in [0, 0.1) is 5.92 Å². The van der Waals surface area contributed by atoms with E-state index in [1.807, 2.05) is 6.20 Å². The number of piperidine rings is 1. The van der Waals surface area contributed by atoms with E-state index in [1.165, 1.54) is 38.9 Å². The highest BCUT2D eigenvalue weighted by molar-refractivity contribution is 14.0. The second-order valence-corrected chi connectivity index (χ2v) is 7.89. The van der Waals surface area contributed by atoms with Gasteiger partial charge in [0.05, 0.1) is 12.7 Å². The van der Waals surface area contributed by atoms with E-state index in [-0.39, 0.29) is 29.4 Å². The van der Waals surface area contributed by atoms with Gasteiger partial charge in [0.15, 0.2) is 5.96 Å². The third-order valence-corrected chi connectivity index (χ3v) is 4.92. The van der Waals surface area contributed by atoms with E-state index in [9.17, 15) is 0 Å². The summed E-state index contributed by atoms with van der Waals surface area (Å²) in [6.07, 6.45) is 5.64. The summed E-state index contributed by atoms with van der Waals surface area (Å²) in [6, 6.07) is 0. The van der Waals surface area contributed by atoms with Crippen molar-refractivity contribution in [3.8, 4) is 0 Å². The van der Waals surface area contributed by atoms with Crippen molar-refractivity contribution in [2.24, 2.45) is 10.9 Å². The lowest BCUT2D eigenvalue weighted by molar-refractivity contribution is 0.187. The number of guanidine groups is 1. The average Bonchev–Trinajstić information content (AvgIpc) is 3.08. The number of hydrogen-bond donors (Lipinski definition) is 2. The Labute approximate surface area is 175 Å². The van der Waals surface area contributed by atoms with Crippen molar-refractivity contribution in [3.63, 3.8) is 0 Å². The lowest BCUT2D eigenvalue weighted by atomic mass is 9.93. The van der Waals surface area contributed by atoms with Crippen molar-refractivity contribution in [2.45, 2.75) is 58.9 Å². The van der Waals surface area contributed by atoms with Gasteiger partial charge in [0, 0.05) is 19.0 Å². The molecular weight excluding hydrogens is 441 g/mol. The van der Waals surface area contributed by atoms with Gasteiger partial charge < -0.3 is 20.0 Å². The first-order chi connectivity index (χ1) is 11.9. The molecule has 150 valence electrons. The van der Waals surface area contributed by atoms with Gasteiger partial charge in [-0.05, 0) is 44.8 Å². The van der Waals surface area contributed by atoms with E-state index in [2.05, 4.69) is 53.2 Å². The summed E-state index contributed by atoms with van der Waals surface area (Å²) in [5, 5.41) is 6.68. The SMILES string of the molecule is CCN1CCC(CCNC(=NC)NCc2ncc(C(C)(C)C)o2)CC1.I. The molecule has 1 aliphatic heterocycles. The van der Waals surface area contributed by atoms with Crippen molar-refractivity contribution < 1.29 is 4.42 Å². The molecule has 2 heterocycles. The Bertz CT molecular complexity index is 544. The van der Waals surface area contributed by atoms with Crippen LogP contribution >= 0.6 is 24.0 Å². The van der Waals surface area contributed by atoms with E-state index >= 15 is 0 Å². The highest BCUT2D eigenvalue weighted by atomic mass is 127. The third-order valence-electron chi connectivity index (χ3n) is 4.92.